The van der Waals surface area contributed by atoms with E-state index in [0.717, 1.165) is 11.1 Å². The second-order valence-corrected chi connectivity index (χ2v) is 10.3. The van der Waals surface area contributed by atoms with Gasteiger partial charge in [-0.25, -0.2) is 0 Å². The standard InChI is InChI=1S/C15H26O5PSi/c1-10-8-11(14(20-22(6)7)21(16,17)18)9-12(19-5)13(10)15(2,3)4/h8-9,14H,1-7H3,(H2,16,17,18). The first-order chi connectivity index (χ1) is 9.87. The van der Waals surface area contributed by atoms with E-state index in [0.29, 0.717) is 11.3 Å². The highest BCUT2D eigenvalue weighted by atomic mass is 31.2. The minimum atomic E-state index is -4.41. The van der Waals surface area contributed by atoms with Crippen LogP contribution in [0, 0.1) is 6.92 Å². The van der Waals surface area contributed by atoms with E-state index in [1.165, 1.54) is 0 Å². The van der Waals surface area contributed by atoms with E-state index in [1.54, 1.807) is 19.2 Å². The molecule has 0 aromatic heterocycles. The van der Waals surface area contributed by atoms with Crippen LogP contribution in [0.25, 0.3) is 0 Å². The van der Waals surface area contributed by atoms with E-state index >= 15 is 0 Å². The van der Waals surface area contributed by atoms with Gasteiger partial charge in [0, 0.05) is 5.56 Å². The summed E-state index contributed by atoms with van der Waals surface area (Å²) >= 11 is 0. The van der Waals surface area contributed by atoms with Gasteiger partial charge in [0.05, 0.1) is 7.11 Å². The van der Waals surface area contributed by atoms with E-state index in [1.807, 2.05) is 20.0 Å². The van der Waals surface area contributed by atoms with Gasteiger partial charge in [-0.3, -0.25) is 4.57 Å². The molecular weight excluding hydrogens is 319 g/mol. The molecule has 125 valence electrons. The first-order valence-electron chi connectivity index (χ1n) is 7.09. The van der Waals surface area contributed by atoms with Crippen LogP contribution in [0.15, 0.2) is 12.1 Å². The van der Waals surface area contributed by atoms with Crippen molar-refractivity contribution in [3.05, 3.63) is 28.8 Å². The van der Waals surface area contributed by atoms with Crippen molar-refractivity contribution in [3.63, 3.8) is 0 Å². The van der Waals surface area contributed by atoms with Crippen molar-refractivity contribution < 1.29 is 23.5 Å². The normalized spacial score (nSPS) is 14.3. The highest BCUT2D eigenvalue weighted by Crippen LogP contribution is 2.54. The lowest BCUT2D eigenvalue weighted by Gasteiger charge is -2.28. The van der Waals surface area contributed by atoms with Gasteiger partial charge in [-0.15, -0.1) is 0 Å². The molecule has 0 fully saturated rings. The van der Waals surface area contributed by atoms with E-state index in [2.05, 4.69) is 20.8 Å². The summed E-state index contributed by atoms with van der Waals surface area (Å²) in [5.74, 6) is -0.608. The molecule has 0 saturated carbocycles. The summed E-state index contributed by atoms with van der Waals surface area (Å²) in [5, 5.41) is 0. The number of methoxy groups -OCH3 is 1. The number of aryl methyl sites for hydroxylation is 1. The SMILES string of the molecule is COc1cc(C(O[Si](C)C)P(=O)(O)O)cc(C)c1C(C)(C)C. The molecule has 0 aliphatic rings. The molecule has 1 unspecified atom stereocenters. The molecule has 0 aliphatic carbocycles. The second-order valence-electron chi connectivity index (χ2n) is 6.63. The Hall–Kier alpha value is -0.653. The van der Waals surface area contributed by atoms with Crippen LogP contribution in [-0.4, -0.2) is 25.9 Å². The summed E-state index contributed by atoms with van der Waals surface area (Å²) < 4.78 is 22.8. The quantitative estimate of drug-likeness (QED) is 0.628. The van der Waals surface area contributed by atoms with Gasteiger partial charge in [-0.2, -0.15) is 0 Å². The van der Waals surface area contributed by atoms with Crippen LogP contribution in [0.3, 0.4) is 0 Å². The molecule has 1 aromatic carbocycles. The van der Waals surface area contributed by atoms with Crippen LogP contribution in [0.4, 0.5) is 0 Å². The molecule has 1 aromatic rings. The molecule has 1 atom stereocenters. The van der Waals surface area contributed by atoms with Crippen LogP contribution in [-0.2, 0) is 14.4 Å². The van der Waals surface area contributed by atoms with Crippen LogP contribution in [0.5, 0.6) is 5.75 Å². The van der Waals surface area contributed by atoms with Gasteiger partial charge in [0.15, 0.2) is 5.85 Å². The third-order valence-electron chi connectivity index (χ3n) is 3.23. The van der Waals surface area contributed by atoms with Crippen molar-refractivity contribution in [2.24, 2.45) is 0 Å². The molecular formula is C15H26O5PSi. The minimum Gasteiger partial charge on any atom is -0.496 e. The molecule has 0 amide bonds. The molecule has 2 N–H and O–H groups in total. The highest BCUT2D eigenvalue weighted by molar-refractivity contribution is 7.52. The van der Waals surface area contributed by atoms with Gasteiger partial charge in [-0.05, 0) is 42.6 Å². The Morgan fingerprint density at radius 1 is 1.23 bits per heavy atom. The fraction of sp³-hybridized carbons (Fsp3) is 0.600. The van der Waals surface area contributed by atoms with Gasteiger partial charge in [0.25, 0.3) is 0 Å². The number of rotatable bonds is 5. The first-order valence-corrected chi connectivity index (χ1v) is 11.2. The van der Waals surface area contributed by atoms with Crippen molar-refractivity contribution in [3.8, 4) is 5.75 Å². The van der Waals surface area contributed by atoms with Crippen LogP contribution >= 0.6 is 7.60 Å². The van der Waals surface area contributed by atoms with Crippen molar-refractivity contribution >= 4 is 16.6 Å². The van der Waals surface area contributed by atoms with E-state index in [4.69, 9.17) is 9.16 Å². The Morgan fingerprint density at radius 3 is 2.14 bits per heavy atom. The second kappa shape index (κ2) is 6.85. The summed E-state index contributed by atoms with van der Waals surface area (Å²) in [6, 6.07) is 3.47. The third kappa shape index (κ3) is 4.67. The monoisotopic (exact) mass is 345 g/mol. The summed E-state index contributed by atoms with van der Waals surface area (Å²) in [6.07, 6.45) is 0. The molecule has 5 nitrogen and oxygen atoms in total. The molecule has 1 rings (SSSR count). The average Bonchev–Trinajstić information content (AvgIpc) is 2.31. The number of benzene rings is 1. The zero-order valence-electron chi connectivity index (χ0n) is 14.3. The number of hydrogen-bond donors (Lipinski definition) is 2. The molecule has 0 saturated heterocycles. The average molecular weight is 345 g/mol. The van der Waals surface area contributed by atoms with Crippen molar-refractivity contribution in [1.82, 2.24) is 0 Å². The third-order valence-corrected chi connectivity index (χ3v) is 5.15. The maximum Gasteiger partial charge on any atom is 0.357 e. The maximum atomic E-state index is 11.8. The Bertz CT molecular complexity index is 574. The lowest BCUT2D eigenvalue weighted by molar-refractivity contribution is 0.229. The van der Waals surface area contributed by atoms with E-state index in [9.17, 15) is 14.4 Å². The lowest BCUT2D eigenvalue weighted by atomic mass is 9.82. The van der Waals surface area contributed by atoms with E-state index in [-0.39, 0.29) is 5.41 Å². The number of hydrogen-bond acceptors (Lipinski definition) is 3. The largest absolute Gasteiger partial charge is 0.496 e. The van der Waals surface area contributed by atoms with Crippen LogP contribution < -0.4 is 4.74 Å². The van der Waals surface area contributed by atoms with Crippen molar-refractivity contribution in [2.45, 2.75) is 52.0 Å². The zero-order valence-corrected chi connectivity index (χ0v) is 16.2. The Balaban J connectivity index is 3.48. The predicted molar refractivity (Wildman–Crippen MR) is 89.8 cm³/mol. The van der Waals surface area contributed by atoms with Crippen LogP contribution in [0.2, 0.25) is 13.1 Å². The highest BCUT2D eigenvalue weighted by Gasteiger charge is 2.34. The molecule has 22 heavy (non-hydrogen) atoms. The molecule has 0 spiro atoms. The summed E-state index contributed by atoms with van der Waals surface area (Å²) in [6.45, 7) is 11.9. The maximum absolute atomic E-state index is 11.8. The smallest absolute Gasteiger partial charge is 0.357 e. The van der Waals surface area contributed by atoms with E-state index < -0.39 is 22.5 Å². The number of ether oxygens (including phenoxy) is 1. The van der Waals surface area contributed by atoms with Gasteiger partial charge < -0.3 is 18.9 Å². The van der Waals surface area contributed by atoms with Crippen molar-refractivity contribution in [1.29, 1.82) is 0 Å². The molecule has 0 aliphatic heterocycles. The van der Waals surface area contributed by atoms with Gasteiger partial charge in [0.1, 0.15) is 5.75 Å². The molecule has 0 bridgehead atoms. The van der Waals surface area contributed by atoms with Gasteiger partial charge >= 0.3 is 7.60 Å². The zero-order chi connectivity index (χ0) is 17.3. The Morgan fingerprint density at radius 2 is 1.77 bits per heavy atom. The summed E-state index contributed by atoms with van der Waals surface area (Å²) in [4.78, 5) is 19.2. The van der Waals surface area contributed by atoms with Gasteiger partial charge in [-0.1, -0.05) is 26.8 Å². The minimum absolute atomic E-state index is 0.128. The lowest BCUT2D eigenvalue weighted by Crippen LogP contribution is -2.18. The predicted octanol–water partition coefficient (Wildman–Crippen LogP) is 3.75. The Labute approximate surface area is 134 Å². The van der Waals surface area contributed by atoms with Gasteiger partial charge in [0.2, 0.25) is 9.04 Å². The molecule has 1 radical (unpaired) electrons. The Kier molecular flexibility index (Phi) is 6.04. The first kappa shape index (κ1) is 19.4. The molecule has 0 heterocycles. The van der Waals surface area contributed by atoms with Crippen LogP contribution in [0.1, 0.15) is 43.3 Å². The fourth-order valence-electron chi connectivity index (χ4n) is 2.60. The fourth-order valence-corrected chi connectivity index (χ4v) is 4.90. The molecule has 7 heteroatoms. The van der Waals surface area contributed by atoms with Crippen molar-refractivity contribution in [2.75, 3.05) is 7.11 Å². The topological polar surface area (TPSA) is 76.0 Å². The summed E-state index contributed by atoms with van der Waals surface area (Å²) in [7, 11) is -4.11. The summed E-state index contributed by atoms with van der Waals surface area (Å²) in [5.41, 5.74) is 2.30.